The van der Waals surface area contributed by atoms with Crippen LogP contribution < -0.4 is 15.4 Å². The van der Waals surface area contributed by atoms with Crippen molar-refractivity contribution in [1.29, 1.82) is 0 Å². The van der Waals surface area contributed by atoms with Crippen LogP contribution in [0.3, 0.4) is 0 Å². The van der Waals surface area contributed by atoms with E-state index in [1.807, 2.05) is 24.3 Å². The maximum absolute atomic E-state index is 13.2. The molecule has 2 N–H and O–H groups in total. The van der Waals surface area contributed by atoms with Gasteiger partial charge in [0.15, 0.2) is 6.10 Å². The molecule has 0 saturated heterocycles. The van der Waals surface area contributed by atoms with Gasteiger partial charge in [-0.25, -0.2) is 4.39 Å². The fourth-order valence-corrected chi connectivity index (χ4v) is 2.72. The first-order valence-corrected chi connectivity index (χ1v) is 9.20. The molecule has 1 unspecified atom stereocenters. The Bertz CT molecular complexity index is 811. The Labute approximate surface area is 165 Å². The summed E-state index contributed by atoms with van der Waals surface area (Å²) in [6.45, 7) is 8.09. The van der Waals surface area contributed by atoms with Crippen molar-refractivity contribution in [2.75, 3.05) is 11.4 Å². The predicted octanol–water partition coefficient (Wildman–Crippen LogP) is 3.80. The van der Waals surface area contributed by atoms with Crippen molar-refractivity contribution in [2.24, 2.45) is 5.73 Å². The monoisotopic (exact) mass is 386 g/mol. The number of nitrogens with two attached hydrogens (primary N) is 1. The van der Waals surface area contributed by atoms with Gasteiger partial charge in [0.05, 0.1) is 0 Å². The lowest BCUT2D eigenvalue weighted by Crippen LogP contribution is -2.42. The summed E-state index contributed by atoms with van der Waals surface area (Å²) in [5, 5.41) is 0. The molecule has 2 aromatic rings. The average Bonchev–Trinajstić information content (AvgIpc) is 2.62. The zero-order valence-corrected chi connectivity index (χ0v) is 16.7. The first kappa shape index (κ1) is 21.4. The minimum absolute atomic E-state index is 0.00385. The molecule has 150 valence electrons. The summed E-state index contributed by atoms with van der Waals surface area (Å²) >= 11 is 0. The lowest BCUT2D eigenvalue weighted by atomic mass is 9.87. The Morgan fingerprint density at radius 2 is 1.64 bits per heavy atom. The van der Waals surface area contributed by atoms with Crippen LogP contribution in [0.25, 0.3) is 0 Å². The van der Waals surface area contributed by atoms with Crippen molar-refractivity contribution >= 4 is 17.5 Å². The summed E-state index contributed by atoms with van der Waals surface area (Å²) in [6.07, 6.45) is -0.797. The topological polar surface area (TPSA) is 72.6 Å². The highest BCUT2D eigenvalue weighted by Crippen LogP contribution is 2.25. The van der Waals surface area contributed by atoms with Gasteiger partial charge in [-0.3, -0.25) is 9.59 Å². The highest BCUT2D eigenvalue weighted by Gasteiger charge is 2.24. The lowest BCUT2D eigenvalue weighted by molar-refractivity contribution is -0.124. The number of nitrogens with zero attached hydrogens (tertiary/aromatic N) is 1. The molecule has 0 bridgehead atoms. The third-order valence-corrected chi connectivity index (χ3v) is 4.37. The molecule has 0 aromatic heterocycles. The van der Waals surface area contributed by atoms with Crippen LogP contribution in [0, 0.1) is 5.82 Å². The second kappa shape index (κ2) is 8.87. The molecule has 0 aliphatic carbocycles. The third kappa shape index (κ3) is 5.81. The van der Waals surface area contributed by atoms with Gasteiger partial charge < -0.3 is 15.4 Å². The van der Waals surface area contributed by atoms with Crippen LogP contribution in [0.2, 0.25) is 0 Å². The van der Waals surface area contributed by atoms with E-state index in [0.717, 1.165) is 5.56 Å². The van der Waals surface area contributed by atoms with Crippen LogP contribution >= 0.6 is 0 Å². The van der Waals surface area contributed by atoms with E-state index in [9.17, 15) is 14.0 Å². The normalized spacial score (nSPS) is 12.3. The van der Waals surface area contributed by atoms with Gasteiger partial charge in [0, 0.05) is 18.7 Å². The zero-order valence-electron chi connectivity index (χ0n) is 16.7. The number of halogens is 1. The Balaban J connectivity index is 2.15. The standard InChI is InChI=1S/C22H27FN2O3/c1-15(28-19-11-5-16(6-12-19)22(2,3)4)21(27)25(14-13-20(24)26)18-9-7-17(23)8-10-18/h5-12,15H,13-14H2,1-4H3,(H2,24,26). The van der Waals surface area contributed by atoms with E-state index in [1.165, 1.54) is 29.2 Å². The second-order valence-electron chi connectivity index (χ2n) is 7.72. The lowest BCUT2D eigenvalue weighted by Gasteiger charge is -2.26. The van der Waals surface area contributed by atoms with Crippen molar-refractivity contribution in [1.82, 2.24) is 0 Å². The van der Waals surface area contributed by atoms with Crippen molar-refractivity contribution in [2.45, 2.75) is 45.6 Å². The average molecular weight is 386 g/mol. The Hall–Kier alpha value is -2.89. The number of anilines is 1. The quantitative estimate of drug-likeness (QED) is 0.787. The molecule has 5 nitrogen and oxygen atoms in total. The fraction of sp³-hybridized carbons (Fsp3) is 0.364. The number of ether oxygens (including phenoxy) is 1. The summed E-state index contributed by atoms with van der Waals surface area (Å²) in [6, 6.07) is 13.1. The molecule has 0 aliphatic rings. The number of carbonyl (C=O) groups excluding carboxylic acids is 2. The van der Waals surface area contributed by atoms with Crippen LogP contribution in [0.1, 0.15) is 39.7 Å². The largest absolute Gasteiger partial charge is 0.481 e. The number of rotatable bonds is 7. The Morgan fingerprint density at radius 3 is 2.14 bits per heavy atom. The van der Waals surface area contributed by atoms with Gasteiger partial charge in [0.2, 0.25) is 5.91 Å². The SMILES string of the molecule is CC(Oc1ccc(C(C)(C)C)cc1)C(=O)N(CCC(N)=O)c1ccc(F)cc1. The molecule has 1 atom stereocenters. The van der Waals surface area contributed by atoms with Crippen LogP contribution in [-0.4, -0.2) is 24.5 Å². The molecule has 28 heavy (non-hydrogen) atoms. The van der Waals surface area contributed by atoms with Crippen molar-refractivity contribution in [3.63, 3.8) is 0 Å². The van der Waals surface area contributed by atoms with E-state index in [0.29, 0.717) is 11.4 Å². The summed E-state index contributed by atoms with van der Waals surface area (Å²) < 4.78 is 19.0. The van der Waals surface area contributed by atoms with E-state index in [2.05, 4.69) is 20.8 Å². The second-order valence-corrected chi connectivity index (χ2v) is 7.72. The number of hydrogen-bond acceptors (Lipinski definition) is 3. The maximum atomic E-state index is 13.2. The van der Waals surface area contributed by atoms with Crippen LogP contribution in [0.4, 0.5) is 10.1 Å². The molecule has 6 heteroatoms. The Kier molecular flexibility index (Phi) is 6.78. The first-order valence-electron chi connectivity index (χ1n) is 9.20. The molecule has 2 aromatic carbocycles. The van der Waals surface area contributed by atoms with Crippen molar-refractivity contribution in [3.05, 3.63) is 59.9 Å². The third-order valence-electron chi connectivity index (χ3n) is 4.37. The molecule has 0 aliphatic heterocycles. The Morgan fingerprint density at radius 1 is 1.07 bits per heavy atom. The summed E-state index contributed by atoms with van der Waals surface area (Å²) in [7, 11) is 0. The summed E-state index contributed by atoms with van der Waals surface area (Å²) in [4.78, 5) is 25.5. The molecule has 0 heterocycles. The highest BCUT2D eigenvalue weighted by molar-refractivity contribution is 5.97. The number of primary amides is 1. The van der Waals surface area contributed by atoms with Crippen LogP contribution in [-0.2, 0) is 15.0 Å². The van der Waals surface area contributed by atoms with Crippen molar-refractivity contribution < 1.29 is 18.7 Å². The number of benzene rings is 2. The minimum Gasteiger partial charge on any atom is -0.481 e. The van der Waals surface area contributed by atoms with E-state index >= 15 is 0 Å². The number of carbonyl (C=O) groups is 2. The summed E-state index contributed by atoms with van der Waals surface area (Å²) in [5.74, 6) is -0.698. The highest BCUT2D eigenvalue weighted by atomic mass is 19.1. The van der Waals surface area contributed by atoms with Gasteiger partial charge >= 0.3 is 0 Å². The minimum atomic E-state index is -0.793. The van der Waals surface area contributed by atoms with Crippen molar-refractivity contribution in [3.8, 4) is 5.75 Å². The van der Waals surface area contributed by atoms with E-state index in [1.54, 1.807) is 6.92 Å². The van der Waals surface area contributed by atoms with Crippen LogP contribution in [0.5, 0.6) is 5.75 Å². The predicted molar refractivity (Wildman–Crippen MR) is 108 cm³/mol. The summed E-state index contributed by atoms with van der Waals surface area (Å²) in [5.41, 5.74) is 6.88. The smallest absolute Gasteiger partial charge is 0.267 e. The molecule has 0 spiro atoms. The molecule has 2 amide bonds. The number of hydrogen-bond donors (Lipinski definition) is 1. The number of amides is 2. The molecule has 0 saturated carbocycles. The van der Waals surface area contributed by atoms with Gasteiger partial charge in [0.1, 0.15) is 11.6 Å². The van der Waals surface area contributed by atoms with E-state index < -0.39 is 17.8 Å². The molecular formula is C22H27FN2O3. The molecular weight excluding hydrogens is 359 g/mol. The van der Waals surface area contributed by atoms with Crippen LogP contribution in [0.15, 0.2) is 48.5 Å². The van der Waals surface area contributed by atoms with Gasteiger partial charge in [-0.05, 0) is 54.3 Å². The fourth-order valence-electron chi connectivity index (χ4n) is 2.72. The first-order chi connectivity index (χ1) is 13.1. The molecule has 0 radical (unpaired) electrons. The van der Waals surface area contributed by atoms with Gasteiger partial charge in [0.25, 0.3) is 5.91 Å². The molecule has 0 fully saturated rings. The van der Waals surface area contributed by atoms with E-state index in [4.69, 9.17) is 10.5 Å². The zero-order chi connectivity index (χ0) is 20.9. The molecule has 2 rings (SSSR count). The maximum Gasteiger partial charge on any atom is 0.267 e. The van der Waals surface area contributed by atoms with E-state index in [-0.39, 0.29) is 24.3 Å². The van der Waals surface area contributed by atoms with Gasteiger partial charge in [-0.1, -0.05) is 32.9 Å². The van der Waals surface area contributed by atoms with Gasteiger partial charge in [-0.2, -0.15) is 0 Å². The van der Waals surface area contributed by atoms with Gasteiger partial charge in [-0.15, -0.1) is 0 Å².